The fourth-order valence-corrected chi connectivity index (χ4v) is 4.85. The first-order chi connectivity index (χ1) is 24.7. The number of unbranched alkanes of at least 4 members (excludes halogenated alkanes) is 1. The van der Waals surface area contributed by atoms with Gasteiger partial charge in [0.25, 0.3) is 0 Å². The molecule has 0 aromatic heterocycles. The fourth-order valence-electron chi connectivity index (χ4n) is 4.85. The van der Waals surface area contributed by atoms with Gasteiger partial charge < -0.3 is 31.2 Å². The molecule has 12 heteroatoms. The fraction of sp³-hybridized carbons (Fsp3) is 0.282. The molecule has 51 heavy (non-hydrogen) atoms. The standard InChI is InChI=1S/C39H44N6O6/c1-28(37(40)47)42-38(48)35(43-39(49)51-27-31-12-6-3-7-13-31)14-8-9-24-41-36(46)26-30-15-17-32(18-16-30)44-45-33-19-21-34(22-20-33)50-25-23-29-10-4-2-5-11-29/h2-7,10-13,15-22,28,35H,8-9,14,23-27H2,1H3,(H2,40,47)(H,41,46)(H,42,48)(H,43,49)/t28-,35-/m0/s1. The van der Waals surface area contributed by atoms with Crippen LogP contribution in [-0.2, 0) is 38.6 Å². The number of primary amides is 1. The van der Waals surface area contributed by atoms with Crippen LogP contribution >= 0.6 is 0 Å². The Bertz CT molecular complexity index is 1720. The van der Waals surface area contributed by atoms with Gasteiger partial charge in [-0.1, -0.05) is 72.8 Å². The summed E-state index contributed by atoms with van der Waals surface area (Å²) in [6.07, 6.45) is 1.58. The van der Waals surface area contributed by atoms with Crippen LogP contribution in [0.3, 0.4) is 0 Å². The van der Waals surface area contributed by atoms with Crippen LogP contribution in [0.2, 0.25) is 0 Å². The molecule has 0 fully saturated rings. The molecule has 4 aromatic rings. The smallest absolute Gasteiger partial charge is 0.408 e. The Morgan fingerprint density at radius 1 is 0.725 bits per heavy atom. The Balaban J connectivity index is 1.15. The molecule has 0 aliphatic rings. The SMILES string of the molecule is C[C@H](NC(=O)[C@H](CCCCNC(=O)Cc1ccc(N=Nc2ccc(OCCc3ccccc3)cc2)cc1)NC(=O)OCc1ccccc1)C(N)=O. The van der Waals surface area contributed by atoms with Crippen molar-refractivity contribution in [2.24, 2.45) is 16.0 Å². The van der Waals surface area contributed by atoms with Gasteiger partial charge in [-0.2, -0.15) is 10.2 Å². The first-order valence-electron chi connectivity index (χ1n) is 16.9. The van der Waals surface area contributed by atoms with Crippen LogP contribution in [0.1, 0.15) is 42.9 Å². The van der Waals surface area contributed by atoms with Crippen LogP contribution in [0.5, 0.6) is 5.75 Å². The van der Waals surface area contributed by atoms with Crippen molar-refractivity contribution in [3.8, 4) is 5.75 Å². The minimum Gasteiger partial charge on any atom is -0.493 e. The predicted octanol–water partition coefficient (Wildman–Crippen LogP) is 5.84. The summed E-state index contributed by atoms with van der Waals surface area (Å²) in [5.41, 5.74) is 9.47. The van der Waals surface area contributed by atoms with Gasteiger partial charge in [-0.3, -0.25) is 14.4 Å². The number of nitrogens with one attached hydrogen (secondary N) is 3. The van der Waals surface area contributed by atoms with Crippen molar-refractivity contribution in [2.75, 3.05) is 13.2 Å². The molecule has 5 N–H and O–H groups in total. The van der Waals surface area contributed by atoms with Gasteiger partial charge in [-0.05, 0) is 79.3 Å². The molecule has 0 spiro atoms. The van der Waals surface area contributed by atoms with Gasteiger partial charge in [-0.25, -0.2) is 4.79 Å². The summed E-state index contributed by atoms with van der Waals surface area (Å²) in [6, 6.07) is 32.1. The predicted molar refractivity (Wildman–Crippen MR) is 194 cm³/mol. The van der Waals surface area contributed by atoms with Gasteiger partial charge >= 0.3 is 6.09 Å². The molecular formula is C39H44N6O6. The first kappa shape index (κ1) is 37.8. The molecule has 266 valence electrons. The molecule has 4 amide bonds. The quantitative estimate of drug-likeness (QED) is 0.0710. The van der Waals surface area contributed by atoms with Gasteiger partial charge in [0.2, 0.25) is 17.7 Å². The minimum atomic E-state index is -0.954. The van der Waals surface area contributed by atoms with Crippen LogP contribution in [0.15, 0.2) is 119 Å². The maximum atomic E-state index is 12.8. The molecule has 4 aromatic carbocycles. The van der Waals surface area contributed by atoms with Crippen LogP contribution in [0.25, 0.3) is 0 Å². The Kier molecular flexibility index (Phi) is 15.2. The maximum absolute atomic E-state index is 12.8. The number of azo groups is 1. The summed E-state index contributed by atoms with van der Waals surface area (Å²) in [6.45, 7) is 2.47. The summed E-state index contributed by atoms with van der Waals surface area (Å²) in [5.74, 6) is -0.632. The monoisotopic (exact) mass is 692 g/mol. The lowest BCUT2D eigenvalue weighted by Crippen LogP contribution is -2.52. The molecule has 0 bridgehead atoms. The average molecular weight is 693 g/mol. The van der Waals surface area contributed by atoms with Crippen molar-refractivity contribution in [1.82, 2.24) is 16.0 Å². The average Bonchev–Trinajstić information content (AvgIpc) is 3.14. The third-order valence-corrected chi connectivity index (χ3v) is 7.77. The molecule has 12 nitrogen and oxygen atoms in total. The number of carbonyl (C=O) groups is 4. The molecule has 0 aliphatic heterocycles. The second kappa shape index (κ2) is 20.5. The van der Waals surface area contributed by atoms with Gasteiger partial charge in [0.15, 0.2) is 0 Å². The van der Waals surface area contributed by atoms with E-state index in [2.05, 4.69) is 38.3 Å². The Morgan fingerprint density at radius 2 is 1.33 bits per heavy atom. The van der Waals surface area contributed by atoms with Crippen LogP contribution in [-0.4, -0.2) is 49.1 Å². The summed E-state index contributed by atoms with van der Waals surface area (Å²) in [7, 11) is 0. The number of alkyl carbamates (subject to hydrolysis) is 1. The largest absolute Gasteiger partial charge is 0.493 e. The van der Waals surface area contributed by atoms with Crippen molar-refractivity contribution < 1.29 is 28.7 Å². The van der Waals surface area contributed by atoms with Crippen molar-refractivity contribution in [1.29, 1.82) is 0 Å². The molecule has 0 radical (unpaired) electrons. The highest BCUT2D eigenvalue weighted by molar-refractivity contribution is 5.90. The highest BCUT2D eigenvalue weighted by Gasteiger charge is 2.24. The summed E-state index contributed by atoms with van der Waals surface area (Å²) in [4.78, 5) is 49.2. The first-order valence-corrected chi connectivity index (χ1v) is 16.9. The number of ether oxygens (including phenoxy) is 2. The van der Waals surface area contributed by atoms with E-state index in [9.17, 15) is 19.2 Å². The van der Waals surface area contributed by atoms with Crippen molar-refractivity contribution in [3.05, 3.63) is 126 Å². The summed E-state index contributed by atoms with van der Waals surface area (Å²) in [5, 5.41) is 16.5. The van der Waals surface area contributed by atoms with E-state index in [1.165, 1.54) is 12.5 Å². The van der Waals surface area contributed by atoms with E-state index >= 15 is 0 Å². The second-order valence-corrected chi connectivity index (χ2v) is 11.9. The zero-order valence-electron chi connectivity index (χ0n) is 28.6. The second-order valence-electron chi connectivity index (χ2n) is 11.9. The summed E-state index contributed by atoms with van der Waals surface area (Å²) < 4.78 is 11.1. The van der Waals surface area contributed by atoms with E-state index < -0.39 is 30.0 Å². The number of amides is 4. The van der Waals surface area contributed by atoms with Gasteiger partial charge in [-0.15, -0.1) is 0 Å². The number of hydrogen-bond acceptors (Lipinski definition) is 8. The van der Waals surface area contributed by atoms with E-state index in [0.29, 0.717) is 37.4 Å². The van der Waals surface area contributed by atoms with Crippen LogP contribution in [0, 0.1) is 0 Å². The normalized spacial score (nSPS) is 12.0. The topological polar surface area (TPSA) is 174 Å². The Morgan fingerprint density at radius 3 is 1.96 bits per heavy atom. The molecular weight excluding hydrogens is 648 g/mol. The lowest BCUT2D eigenvalue weighted by Gasteiger charge is -2.20. The van der Waals surface area contributed by atoms with Gasteiger partial charge in [0.1, 0.15) is 24.4 Å². The lowest BCUT2D eigenvalue weighted by molar-refractivity contribution is -0.128. The van der Waals surface area contributed by atoms with Gasteiger partial charge in [0.05, 0.1) is 24.4 Å². The molecule has 2 atom stereocenters. The van der Waals surface area contributed by atoms with E-state index in [1.54, 1.807) is 12.1 Å². The maximum Gasteiger partial charge on any atom is 0.408 e. The summed E-state index contributed by atoms with van der Waals surface area (Å²) >= 11 is 0. The number of nitrogens with zero attached hydrogens (tertiary/aromatic N) is 2. The molecule has 4 rings (SSSR count). The number of nitrogens with two attached hydrogens (primary N) is 1. The van der Waals surface area contributed by atoms with E-state index in [4.69, 9.17) is 15.2 Å². The molecule has 0 saturated carbocycles. The number of benzene rings is 4. The molecule has 0 heterocycles. The molecule has 0 aliphatic carbocycles. The highest BCUT2D eigenvalue weighted by atomic mass is 16.5. The highest BCUT2D eigenvalue weighted by Crippen LogP contribution is 2.22. The van der Waals surface area contributed by atoms with E-state index in [1.807, 2.05) is 84.9 Å². The molecule has 0 unspecified atom stereocenters. The number of carbonyl (C=O) groups excluding carboxylic acids is 4. The minimum absolute atomic E-state index is 0.0403. The van der Waals surface area contributed by atoms with Crippen molar-refractivity contribution in [3.63, 3.8) is 0 Å². The third kappa shape index (κ3) is 14.1. The third-order valence-electron chi connectivity index (χ3n) is 7.77. The lowest BCUT2D eigenvalue weighted by atomic mass is 10.1. The zero-order chi connectivity index (χ0) is 36.3. The molecule has 0 saturated heterocycles. The van der Waals surface area contributed by atoms with Crippen LogP contribution in [0.4, 0.5) is 16.2 Å². The van der Waals surface area contributed by atoms with E-state index in [0.717, 1.165) is 23.3 Å². The van der Waals surface area contributed by atoms with Gasteiger partial charge in [0, 0.05) is 13.0 Å². The number of rotatable bonds is 19. The zero-order valence-corrected chi connectivity index (χ0v) is 28.6. The van der Waals surface area contributed by atoms with E-state index in [-0.39, 0.29) is 25.4 Å². The Labute approximate surface area is 297 Å². The number of hydrogen-bond donors (Lipinski definition) is 4. The van der Waals surface area contributed by atoms with Crippen molar-refractivity contribution >= 4 is 35.2 Å². The van der Waals surface area contributed by atoms with Crippen LogP contribution < -0.4 is 26.4 Å². The Hall–Kier alpha value is -6.04. The van der Waals surface area contributed by atoms with Crippen molar-refractivity contribution in [2.45, 2.75) is 57.7 Å².